The topological polar surface area (TPSA) is 57.6 Å². The zero-order valence-electron chi connectivity index (χ0n) is 10.2. The smallest absolute Gasteiger partial charge is 0.323 e. The molecule has 0 atom stereocenters. The summed E-state index contributed by atoms with van der Waals surface area (Å²) in [4.78, 5) is 24.0. The third-order valence-corrected chi connectivity index (χ3v) is 2.65. The first-order valence-corrected chi connectivity index (χ1v) is 6.14. The molecule has 0 bridgehead atoms. The molecule has 1 N–H and O–H groups in total. The van der Waals surface area contributed by atoms with Crippen LogP contribution in [0.3, 0.4) is 0 Å². The van der Waals surface area contributed by atoms with Gasteiger partial charge in [-0.2, -0.15) is 0 Å². The molecule has 1 aromatic rings. The van der Waals surface area contributed by atoms with Crippen molar-refractivity contribution in [2.75, 3.05) is 13.1 Å². The van der Waals surface area contributed by atoms with Gasteiger partial charge < -0.3 is 10.0 Å². The van der Waals surface area contributed by atoms with Gasteiger partial charge in [0.05, 0.1) is 6.42 Å². The molecule has 1 rings (SSSR count). The van der Waals surface area contributed by atoms with E-state index in [2.05, 4.69) is 0 Å². The predicted octanol–water partition coefficient (Wildman–Crippen LogP) is 2.21. The van der Waals surface area contributed by atoms with Crippen molar-refractivity contribution in [3.05, 3.63) is 34.9 Å². The number of carboxylic acid groups (broad SMARTS) is 1. The van der Waals surface area contributed by atoms with E-state index in [1.165, 1.54) is 4.90 Å². The summed E-state index contributed by atoms with van der Waals surface area (Å²) in [7, 11) is 0. The minimum absolute atomic E-state index is 0.174. The molecule has 98 valence electrons. The average Bonchev–Trinajstić information content (AvgIpc) is 2.27. The summed E-state index contributed by atoms with van der Waals surface area (Å²) in [6.45, 7) is 2.10. The first kappa shape index (κ1) is 14.5. The van der Waals surface area contributed by atoms with E-state index >= 15 is 0 Å². The number of benzene rings is 1. The van der Waals surface area contributed by atoms with E-state index in [1.54, 1.807) is 24.3 Å². The van der Waals surface area contributed by atoms with Crippen LogP contribution < -0.4 is 0 Å². The highest BCUT2D eigenvalue weighted by atomic mass is 35.5. The number of halogens is 1. The lowest BCUT2D eigenvalue weighted by atomic mass is 10.1. The third kappa shape index (κ3) is 4.75. The van der Waals surface area contributed by atoms with Crippen molar-refractivity contribution in [1.82, 2.24) is 4.90 Å². The zero-order valence-corrected chi connectivity index (χ0v) is 11.0. The molecule has 0 aliphatic carbocycles. The molecule has 4 nitrogen and oxygen atoms in total. The number of rotatable bonds is 6. The van der Waals surface area contributed by atoms with Gasteiger partial charge in [-0.1, -0.05) is 30.7 Å². The van der Waals surface area contributed by atoms with Crippen LogP contribution in [0, 0.1) is 0 Å². The Kier molecular flexibility index (Phi) is 5.65. The molecule has 1 amide bonds. The van der Waals surface area contributed by atoms with Crippen LogP contribution in [-0.2, 0) is 16.0 Å². The normalized spacial score (nSPS) is 10.1. The summed E-state index contributed by atoms with van der Waals surface area (Å²) in [5, 5.41) is 9.32. The SMILES string of the molecule is CCCN(CC(=O)O)C(=O)Cc1cccc(Cl)c1. The minimum atomic E-state index is -0.997. The lowest BCUT2D eigenvalue weighted by molar-refractivity contribution is -0.144. The molecule has 5 heteroatoms. The lowest BCUT2D eigenvalue weighted by Gasteiger charge is -2.19. The zero-order chi connectivity index (χ0) is 13.5. The van der Waals surface area contributed by atoms with Crippen LogP contribution in [0.1, 0.15) is 18.9 Å². The number of carbonyl (C=O) groups is 2. The van der Waals surface area contributed by atoms with Gasteiger partial charge in [0.15, 0.2) is 0 Å². The van der Waals surface area contributed by atoms with E-state index in [-0.39, 0.29) is 18.9 Å². The first-order chi connectivity index (χ1) is 8.52. The third-order valence-electron chi connectivity index (χ3n) is 2.42. The second kappa shape index (κ2) is 7.01. The van der Waals surface area contributed by atoms with Crippen LogP contribution in [0.4, 0.5) is 0 Å². The Morgan fingerprint density at radius 3 is 2.67 bits per heavy atom. The number of hydrogen-bond donors (Lipinski definition) is 1. The second-order valence-electron chi connectivity index (χ2n) is 4.02. The quantitative estimate of drug-likeness (QED) is 0.861. The number of nitrogens with zero attached hydrogens (tertiary/aromatic N) is 1. The number of amides is 1. The van der Waals surface area contributed by atoms with Gasteiger partial charge in [-0.05, 0) is 24.1 Å². The summed E-state index contributed by atoms with van der Waals surface area (Å²) < 4.78 is 0. The molecule has 0 aliphatic heterocycles. The van der Waals surface area contributed by atoms with Crippen molar-refractivity contribution in [3.63, 3.8) is 0 Å². The van der Waals surface area contributed by atoms with E-state index in [0.717, 1.165) is 12.0 Å². The number of carboxylic acids is 1. The molecule has 1 aromatic carbocycles. The highest BCUT2D eigenvalue weighted by Gasteiger charge is 2.16. The van der Waals surface area contributed by atoms with E-state index in [0.29, 0.717) is 11.6 Å². The molecule has 0 saturated heterocycles. The summed E-state index contributed by atoms with van der Waals surface area (Å²) in [5.74, 6) is -1.19. The van der Waals surface area contributed by atoms with Crippen LogP contribution >= 0.6 is 11.6 Å². The molecule has 0 spiro atoms. The fourth-order valence-corrected chi connectivity index (χ4v) is 1.87. The molecule has 0 aliphatic rings. The molecular weight excluding hydrogens is 254 g/mol. The average molecular weight is 270 g/mol. The fourth-order valence-electron chi connectivity index (χ4n) is 1.66. The van der Waals surface area contributed by atoms with E-state index in [9.17, 15) is 9.59 Å². The number of hydrogen-bond acceptors (Lipinski definition) is 2. The lowest BCUT2D eigenvalue weighted by Crippen LogP contribution is -2.37. The van der Waals surface area contributed by atoms with Crippen LogP contribution in [0.15, 0.2) is 24.3 Å². The monoisotopic (exact) mass is 269 g/mol. The van der Waals surface area contributed by atoms with Crippen molar-refractivity contribution >= 4 is 23.5 Å². The molecule has 18 heavy (non-hydrogen) atoms. The van der Waals surface area contributed by atoms with Gasteiger partial charge in [-0.25, -0.2) is 0 Å². The summed E-state index contributed by atoms with van der Waals surface area (Å²) in [6.07, 6.45) is 0.905. The molecule has 0 aromatic heterocycles. The molecule has 0 saturated carbocycles. The van der Waals surface area contributed by atoms with Crippen LogP contribution in [0.5, 0.6) is 0 Å². The van der Waals surface area contributed by atoms with Crippen LogP contribution in [0.2, 0.25) is 5.02 Å². The predicted molar refractivity (Wildman–Crippen MR) is 69.7 cm³/mol. The maximum absolute atomic E-state index is 12.0. The van der Waals surface area contributed by atoms with Crippen LogP contribution in [-0.4, -0.2) is 35.0 Å². The van der Waals surface area contributed by atoms with Crippen molar-refractivity contribution in [2.24, 2.45) is 0 Å². The minimum Gasteiger partial charge on any atom is -0.480 e. The fraction of sp³-hybridized carbons (Fsp3) is 0.385. The number of carbonyl (C=O) groups excluding carboxylic acids is 1. The van der Waals surface area contributed by atoms with Gasteiger partial charge in [0, 0.05) is 11.6 Å². The molecule has 0 heterocycles. The standard InChI is InChI=1S/C13H16ClNO3/c1-2-6-15(9-13(17)18)12(16)8-10-4-3-5-11(14)7-10/h3-5,7H,2,6,8-9H2,1H3,(H,17,18). The molecule has 0 fully saturated rings. The largest absolute Gasteiger partial charge is 0.480 e. The highest BCUT2D eigenvalue weighted by Crippen LogP contribution is 2.12. The van der Waals surface area contributed by atoms with E-state index < -0.39 is 5.97 Å². The van der Waals surface area contributed by atoms with Gasteiger partial charge in [0.2, 0.25) is 5.91 Å². The Balaban J connectivity index is 2.69. The first-order valence-electron chi connectivity index (χ1n) is 5.77. The van der Waals surface area contributed by atoms with Gasteiger partial charge in [-0.3, -0.25) is 9.59 Å². The van der Waals surface area contributed by atoms with Gasteiger partial charge in [0.25, 0.3) is 0 Å². The van der Waals surface area contributed by atoms with Crippen molar-refractivity contribution in [2.45, 2.75) is 19.8 Å². The van der Waals surface area contributed by atoms with E-state index in [4.69, 9.17) is 16.7 Å². The Labute approximate surface area is 111 Å². The maximum Gasteiger partial charge on any atom is 0.323 e. The van der Waals surface area contributed by atoms with Crippen molar-refractivity contribution < 1.29 is 14.7 Å². The maximum atomic E-state index is 12.0. The van der Waals surface area contributed by atoms with Gasteiger partial charge in [-0.15, -0.1) is 0 Å². The van der Waals surface area contributed by atoms with Crippen molar-refractivity contribution in [1.29, 1.82) is 0 Å². The molecule has 0 unspecified atom stereocenters. The Morgan fingerprint density at radius 1 is 1.39 bits per heavy atom. The second-order valence-corrected chi connectivity index (χ2v) is 4.45. The Bertz CT molecular complexity index is 434. The van der Waals surface area contributed by atoms with E-state index in [1.807, 2.05) is 6.92 Å². The number of aliphatic carboxylic acids is 1. The summed E-state index contributed by atoms with van der Waals surface area (Å²) >= 11 is 5.83. The summed E-state index contributed by atoms with van der Waals surface area (Å²) in [5.41, 5.74) is 0.791. The van der Waals surface area contributed by atoms with Gasteiger partial charge >= 0.3 is 5.97 Å². The summed E-state index contributed by atoms with van der Waals surface area (Å²) in [6, 6.07) is 7.02. The highest BCUT2D eigenvalue weighted by molar-refractivity contribution is 6.30. The Morgan fingerprint density at radius 2 is 2.11 bits per heavy atom. The van der Waals surface area contributed by atoms with Crippen molar-refractivity contribution in [3.8, 4) is 0 Å². The molecular formula is C13H16ClNO3. The van der Waals surface area contributed by atoms with Crippen LogP contribution in [0.25, 0.3) is 0 Å². The Hall–Kier alpha value is -1.55. The molecule has 0 radical (unpaired) electrons. The van der Waals surface area contributed by atoms with Gasteiger partial charge in [0.1, 0.15) is 6.54 Å².